The van der Waals surface area contributed by atoms with Crippen LogP contribution in [0.1, 0.15) is 39.0 Å². The molecule has 2 nitrogen and oxygen atoms in total. The standard InChI is InChI=1S/C17H21IO.C10H7IO/c1-2-3-4-5-6-13-19-17-12-8-9-14-15(17)10-7-11-16(14)18;11-9-5-1-4-8-7(9)3-2-6-10(8)12/h7-12H,2-6,13H2,1H3;1-6,12H. The average Bonchev–Trinajstić information content (AvgIpc) is 2.78. The molecule has 162 valence electrons. The fourth-order valence-corrected chi connectivity index (χ4v) is 4.87. The maximum atomic E-state index is 9.49. The van der Waals surface area contributed by atoms with E-state index < -0.39 is 0 Å². The van der Waals surface area contributed by atoms with Gasteiger partial charge in [0.2, 0.25) is 0 Å². The monoisotopic (exact) mass is 638 g/mol. The van der Waals surface area contributed by atoms with Gasteiger partial charge in [0.15, 0.2) is 0 Å². The highest BCUT2D eigenvalue weighted by Crippen LogP contribution is 2.29. The van der Waals surface area contributed by atoms with Crippen molar-refractivity contribution in [2.75, 3.05) is 6.61 Å². The van der Waals surface area contributed by atoms with Crippen molar-refractivity contribution in [1.82, 2.24) is 0 Å². The molecule has 4 rings (SSSR count). The summed E-state index contributed by atoms with van der Waals surface area (Å²) in [6.07, 6.45) is 6.39. The first-order chi connectivity index (χ1) is 15.1. The Morgan fingerprint density at radius 1 is 0.645 bits per heavy atom. The van der Waals surface area contributed by atoms with Gasteiger partial charge in [-0.2, -0.15) is 0 Å². The summed E-state index contributed by atoms with van der Waals surface area (Å²) in [6.45, 7) is 3.07. The highest BCUT2D eigenvalue weighted by molar-refractivity contribution is 14.1. The smallest absolute Gasteiger partial charge is 0.127 e. The van der Waals surface area contributed by atoms with Crippen LogP contribution in [0.4, 0.5) is 0 Å². The van der Waals surface area contributed by atoms with Gasteiger partial charge in [0, 0.05) is 17.9 Å². The summed E-state index contributed by atoms with van der Waals surface area (Å²) in [6, 6.07) is 24.2. The number of aromatic hydroxyl groups is 1. The Hall–Kier alpha value is -1.54. The first-order valence-electron chi connectivity index (χ1n) is 10.8. The molecule has 4 aromatic carbocycles. The Bertz CT molecular complexity index is 1080. The van der Waals surface area contributed by atoms with Gasteiger partial charge in [-0.3, -0.25) is 0 Å². The van der Waals surface area contributed by atoms with Crippen molar-refractivity contribution in [3.05, 3.63) is 79.9 Å². The van der Waals surface area contributed by atoms with Crippen LogP contribution in [0.2, 0.25) is 0 Å². The van der Waals surface area contributed by atoms with Crippen LogP contribution in [0.15, 0.2) is 72.8 Å². The SMILES string of the molecule is CCCCCCCOc1cccc2c(I)cccc12.Oc1cccc2c(I)cccc12. The van der Waals surface area contributed by atoms with Gasteiger partial charge in [-0.15, -0.1) is 0 Å². The summed E-state index contributed by atoms with van der Waals surface area (Å²) >= 11 is 4.64. The molecule has 0 aliphatic heterocycles. The molecule has 0 aliphatic carbocycles. The van der Waals surface area contributed by atoms with E-state index in [1.165, 1.54) is 43.6 Å². The van der Waals surface area contributed by atoms with Crippen molar-refractivity contribution in [3.63, 3.8) is 0 Å². The summed E-state index contributed by atoms with van der Waals surface area (Å²) in [4.78, 5) is 0. The molecule has 0 fully saturated rings. The molecule has 0 saturated heterocycles. The molecule has 0 saturated carbocycles. The fraction of sp³-hybridized carbons (Fsp3) is 0.259. The van der Waals surface area contributed by atoms with E-state index in [0.29, 0.717) is 5.75 Å². The number of rotatable bonds is 7. The summed E-state index contributed by atoms with van der Waals surface area (Å²) in [7, 11) is 0. The first-order valence-corrected chi connectivity index (χ1v) is 12.9. The summed E-state index contributed by atoms with van der Waals surface area (Å²) in [5.74, 6) is 1.37. The molecule has 0 aliphatic rings. The third-order valence-electron chi connectivity index (χ3n) is 5.18. The maximum absolute atomic E-state index is 9.49. The van der Waals surface area contributed by atoms with Gasteiger partial charge >= 0.3 is 0 Å². The van der Waals surface area contributed by atoms with E-state index in [1.807, 2.05) is 30.3 Å². The van der Waals surface area contributed by atoms with Crippen LogP contribution in [0.3, 0.4) is 0 Å². The summed E-state index contributed by atoms with van der Waals surface area (Å²) < 4.78 is 8.40. The lowest BCUT2D eigenvalue weighted by molar-refractivity contribution is 0.308. The zero-order valence-corrected chi connectivity index (χ0v) is 22.1. The lowest BCUT2D eigenvalue weighted by Crippen LogP contribution is -1.98. The molecular formula is C27H28I2O2. The van der Waals surface area contributed by atoms with Crippen molar-refractivity contribution in [3.8, 4) is 11.5 Å². The van der Waals surface area contributed by atoms with Crippen molar-refractivity contribution in [2.45, 2.75) is 39.0 Å². The van der Waals surface area contributed by atoms with E-state index in [-0.39, 0.29) is 0 Å². The second-order valence-electron chi connectivity index (χ2n) is 7.47. The highest BCUT2D eigenvalue weighted by atomic mass is 127. The predicted molar refractivity (Wildman–Crippen MR) is 149 cm³/mol. The molecule has 0 unspecified atom stereocenters. The van der Waals surface area contributed by atoms with Crippen molar-refractivity contribution in [1.29, 1.82) is 0 Å². The number of benzene rings is 4. The van der Waals surface area contributed by atoms with Crippen molar-refractivity contribution in [2.24, 2.45) is 0 Å². The number of ether oxygens (including phenoxy) is 1. The van der Waals surface area contributed by atoms with Crippen LogP contribution >= 0.6 is 45.2 Å². The van der Waals surface area contributed by atoms with Gasteiger partial charge in [-0.1, -0.05) is 81.1 Å². The second-order valence-corrected chi connectivity index (χ2v) is 9.79. The Morgan fingerprint density at radius 2 is 1.19 bits per heavy atom. The molecule has 0 heterocycles. The lowest BCUT2D eigenvalue weighted by atomic mass is 10.1. The molecule has 0 bridgehead atoms. The van der Waals surface area contributed by atoms with Crippen LogP contribution < -0.4 is 4.74 Å². The number of hydrogen-bond acceptors (Lipinski definition) is 2. The summed E-state index contributed by atoms with van der Waals surface area (Å²) in [5, 5.41) is 14.0. The topological polar surface area (TPSA) is 29.5 Å². The number of fused-ring (bicyclic) bond motifs is 2. The number of hydrogen-bond donors (Lipinski definition) is 1. The van der Waals surface area contributed by atoms with E-state index in [9.17, 15) is 5.11 Å². The first kappa shape index (κ1) is 24.1. The van der Waals surface area contributed by atoms with E-state index in [4.69, 9.17) is 4.74 Å². The molecule has 0 amide bonds. The second kappa shape index (κ2) is 12.5. The van der Waals surface area contributed by atoms with Gasteiger partial charge in [0.25, 0.3) is 0 Å². The third kappa shape index (κ3) is 6.72. The Morgan fingerprint density at radius 3 is 1.87 bits per heavy atom. The number of phenolic OH excluding ortho intramolecular Hbond substituents is 1. The van der Waals surface area contributed by atoms with E-state index in [2.05, 4.69) is 88.5 Å². The number of halogens is 2. The van der Waals surface area contributed by atoms with E-state index >= 15 is 0 Å². The van der Waals surface area contributed by atoms with Gasteiger partial charge in [-0.25, -0.2) is 0 Å². The lowest BCUT2D eigenvalue weighted by Gasteiger charge is -2.10. The molecule has 0 spiro atoms. The molecule has 4 heteroatoms. The predicted octanol–water partition coefficient (Wildman–Crippen LogP) is 8.94. The van der Waals surface area contributed by atoms with Gasteiger partial charge in [0.05, 0.1) is 6.61 Å². The molecule has 0 radical (unpaired) electrons. The Balaban J connectivity index is 0.000000194. The van der Waals surface area contributed by atoms with E-state index in [0.717, 1.165) is 29.5 Å². The number of phenols is 1. The van der Waals surface area contributed by atoms with Crippen LogP contribution in [-0.4, -0.2) is 11.7 Å². The minimum Gasteiger partial charge on any atom is -0.507 e. The quantitative estimate of drug-likeness (QED) is 0.162. The minimum atomic E-state index is 0.353. The van der Waals surface area contributed by atoms with Crippen LogP contribution in [0.5, 0.6) is 11.5 Å². The van der Waals surface area contributed by atoms with Crippen LogP contribution in [-0.2, 0) is 0 Å². The largest absolute Gasteiger partial charge is 0.507 e. The van der Waals surface area contributed by atoms with Crippen LogP contribution in [0.25, 0.3) is 21.5 Å². The fourth-order valence-electron chi connectivity index (χ4n) is 3.51. The molecular weight excluding hydrogens is 610 g/mol. The minimum absolute atomic E-state index is 0.353. The molecule has 31 heavy (non-hydrogen) atoms. The molecule has 0 atom stereocenters. The molecule has 0 aromatic heterocycles. The maximum Gasteiger partial charge on any atom is 0.127 e. The Kier molecular flexibility index (Phi) is 9.71. The number of unbranched alkanes of at least 4 members (excludes halogenated alkanes) is 4. The van der Waals surface area contributed by atoms with Gasteiger partial charge < -0.3 is 9.84 Å². The zero-order chi connectivity index (χ0) is 22.1. The van der Waals surface area contributed by atoms with Gasteiger partial charge in [-0.05, 0) is 86.6 Å². The normalized spacial score (nSPS) is 10.7. The third-order valence-corrected chi connectivity index (χ3v) is 7.06. The molecule has 1 N–H and O–H groups in total. The van der Waals surface area contributed by atoms with Crippen LogP contribution in [0, 0.1) is 7.14 Å². The zero-order valence-electron chi connectivity index (χ0n) is 17.8. The van der Waals surface area contributed by atoms with Crippen molar-refractivity contribution < 1.29 is 9.84 Å². The van der Waals surface area contributed by atoms with E-state index in [1.54, 1.807) is 6.07 Å². The highest BCUT2D eigenvalue weighted by Gasteiger charge is 2.04. The van der Waals surface area contributed by atoms with Gasteiger partial charge in [0.1, 0.15) is 11.5 Å². The average molecular weight is 638 g/mol. The Labute approximate surface area is 212 Å². The summed E-state index contributed by atoms with van der Waals surface area (Å²) in [5.41, 5.74) is 0. The molecule has 4 aromatic rings. The van der Waals surface area contributed by atoms with Crippen molar-refractivity contribution >= 4 is 66.7 Å².